The van der Waals surface area contributed by atoms with E-state index in [0.29, 0.717) is 5.91 Å². The number of nitrogens with zero attached hydrogens (tertiary/aromatic N) is 2. The van der Waals surface area contributed by atoms with E-state index in [1.165, 1.54) is 12.8 Å². The summed E-state index contributed by atoms with van der Waals surface area (Å²) in [6, 6.07) is 0. The van der Waals surface area contributed by atoms with Gasteiger partial charge in [-0.1, -0.05) is 19.8 Å². The SMILES string of the molecule is CCCCCC(=O)N1CCCN(CCCN)CC1. The van der Waals surface area contributed by atoms with Gasteiger partial charge in [0.15, 0.2) is 0 Å². The number of unbranched alkanes of at least 4 members (excludes halogenated alkanes) is 2. The molecule has 0 aromatic rings. The van der Waals surface area contributed by atoms with E-state index in [9.17, 15) is 4.79 Å². The molecule has 1 rings (SSSR count). The van der Waals surface area contributed by atoms with E-state index in [0.717, 1.165) is 65.0 Å². The molecule has 0 unspecified atom stereocenters. The Kier molecular flexibility index (Phi) is 8.01. The molecule has 1 fully saturated rings. The summed E-state index contributed by atoms with van der Waals surface area (Å²) in [5.74, 6) is 0.351. The molecular formula is C14H29N3O. The highest BCUT2D eigenvalue weighted by molar-refractivity contribution is 5.76. The molecule has 4 nitrogen and oxygen atoms in total. The minimum Gasteiger partial charge on any atom is -0.341 e. The molecule has 1 aliphatic rings. The maximum atomic E-state index is 12.0. The Balaban J connectivity index is 2.25. The Morgan fingerprint density at radius 3 is 2.67 bits per heavy atom. The zero-order valence-electron chi connectivity index (χ0n) is 11.9. The van der Waals surface area contributed by atoms with Gasteiger partial charge in [-0.15, -0.1) is 0 Å². The number of hydrogen-bond acceptors (Lipinski definition) is 3. The largest absolute Gasteiger partial charge is 0.341 e. The second kappa shape index (κ2) is 9.34. The molecule has 0 aromatic carbocycles. The molecule has 1 heterocycles. The van der Waals surface area contributed by atoms with Gasteiger partial charge in [0.25, 0.3) is 0 Å². The summed E-state index contributed by atoms with van der Waals surface area (Å²) in [4.78, 5) is 16.5. The number of nitrogens with two attached hydrogens (primary N) is 1. The van der Waals surface area contributed by atoms with Crippen LogP contribution >= 0.6 is 0 Å². The number of carbonyl (C=O) groups excluding carboxylic acids is 1. The second-order valence-electron chi connectivity index (χ2n) is 5.18. The van der Waals surface area contributed by atoms with Crippen LogP contribution in [0, 0.1) is 0 Å². The minimum absolute atomic E-state index is 0.351. The van der Waals surface area contributed by atoms with E-state index in [-0.39, 0.29) is 0 Å². The van der Waals surface area contributed by atoms with Gasteiger partial charge in [-0.3, -0.25) is 4.79 Å². The lowest BCUT2D eigenvalue weighted by Crippen LogP contribution is -2.35. The molecule has 18 heavy (non-hydrogen) atoms. The van der Waals surface area contributed by atoms with Gasteiger partial charge in [0.1, 0.15) is 0 Å². The van der Waals surface area contributed by atoms with E-state index in [1.807, 2.05) is 0 Å². The first-order valence-corrected chi connectivity index (χ1v) is 7.48. The Bertz CT molecular complexity index is 233. The van der Waals surface area contributed by atoms with Crippen molar-refractivity contribution in [3.63, 3.8) is 0 Å². The Labute approximate surface area is 111 Å². The zero-order valence-corrected chi connectivity index (χ0v) is 11.9. The zero-order chi connectivity index (χ0) is 13.2. The third kappa shape index (κ3) is 5.83. The van der Waals surface area contributed by atoms with Crippen LogP contribution in [0.15, 0.2) is 0 Å². The highest BCUT2D eigenvalue weighted by Crippen LogP contribution is 2.08. The van der Waals surface area contributed by atoms with Crippen LogP contribution in [-0.2, 0) is 4.79 Å². The average molecular weight is 255 g/mol. The summed E-state index contributed by atoms with van der Waals surface area (Å²) in [6.07, 6.45) is 6.29. The fraction of sp³-hybridized carbons (Fsp3) is 0.929. The predicted octanol–water partition coefficient (Wildman–Crippen LogP) is 1.45. The summed E-state index contributed by atoms with van der Waals surface area (Å²) in [6.45, 7) is 7.97. The summed E-state index contributed by atoms with van der Waals surface area (Å²) >= 11 is 0. The first-order chi connectivity index (χ1) is 8.77. The summed E-state index contributed by atoms with van der Waals surface area (Å²) in [5.41, 5.74) is 5.54. The summed E-state index contributed by atoms with van der Waals surface area (Å²) in [7, 11) is 0. The molecule has 0 aliphatic carbocycles. The number of amides is 1. The van der Waals surface area contributed by atoms with Crippen LogP contribution in [0.2, 0.25) is 0 Å². The van der Waals surface area contributed by atoms with E-state index in [4.69, 9.17) is 5.73 Å². The van der Waals surface area contributed by atoms with Crippen LogP contribution in [0.3, 0.4) is 0 Å². The van der Waals surface area contributed by atoms with Gasteiger partial charge < -0.3 is 15.5 Å². The normalized spacial score (nSPS) is 17.8. The van der Waals surface area contributed by atoms with Crippen molar-refractivity contribution in [2.45, 2.75) is 45.4 Å². The first-order valence-electron chi connectivity index (χ1n) is 7.48. The second-order valence-corrected chi connectivity index (χ2v) is 5.18. The molecule has 4 heteroatoms. The fourth-order valence-electron chi connectivity index (χ4n) is 2.44. The molecule has 1 amide bonds. The van der Waals surface area contributed by atoms with Crippen LogP contribution in [0.5, 0.6) is 0 Å². The third-order valence-electron chi connectivity index (χ3n) is 3.61. The van der Waals surface area contributed by atoms with Gasteiger partial charge in [-0.25, -0.2) is 0 Å². The highest BCUT2D eigenvalue weighted by Gasteiger charge is 2.18. The Morgan fingerprint density at radius 1 is 1.11 bits per heavy atom. The van der Waals surface area contributed by atoms with Crippen molar-refractivity contribution < 1.29 is 4.79 Å². The van der Waals surface area contributed by atoms with E-state index >= 15 is 0 Å². The van der Waals surface area contributed by atoms with Gasteiger partial charge in [-0.2, -0.15) is 0 Å². The van der Waals surface area contributed by atoms with Crippen LogP contribution < -0.4 is 5.73 Å². The Hall–Kier alpha value is -0.610. The van der Waals surface area contributed by atoms with Gasteiger partial charge >= 0.3 is 0 Å². The smallest absolute Gasteiger partial charge is 0.222 e. The predicted molar refractivity (Wildman–Crippen MR) is 75.5 cm³/mol. The van der Waals surface area contributed by atoms with Crippen molar-refractivity contribution in [3.05, 3.63) is 0 Å². The van der Waals surface area contributed by atoms with E-state index in [1.54, 1.807) is 0 Å². The fourth-order valence-corrected chi connectivity index (χ4v) is 2.44. The minimum atomic E-state index is 0.351. The van der Waals surface area contributed by atoms with Gasteiger partial charge in [0, 0.05) is 26.1 Å². The van der Waals surface area contributed by atoms with Crippen molar-refractivity contribution in [2.75, 3.05) is 39.3 Å². The molecule has 0 radical (unpaired) electrons. The topological polar surface area (TPSA) is 49.6 Å². The number of rotatable bonds is 7. The van der Waals surface area contributed by atoms with Crippen molar-refractivity contribution >= 4 is 5.91 Å². The van der Waals surface area contributed by atoms with Gasteiger partial charge in [0.05, 0.1) is 0 Å². The molecule has 0 aromatic heterocycles. The molecule has 106 valence electrons. The van der Waals surface area contributed by atoms with Crippen molar-refractivity contribution in [2.24, 2.45) is 5.73 Å². The summed E-state index contributed by atoms with van der Waals surface area (Å²) in [5, 5.41) is 0. The summed E-state index contributed by atoms with van der Waals surface area (Å²) < 4.78 is 0. The monoisotopic (exact) mass is 255 g/mol. The molecule has 0 saturated carbocycles. The third-order valence-corrected chi connectivity index (χ3v) is 3.61. The van der Waals surface area contributed by atoms with Gasteiger partial charge in [-0.05, 0) is 38.9 Å². The van der Waals surface area contributed by atoms with Crippen molar-refractivity contribution in [1.29, 1.82) is 0 Å². The van der Waals surface area contributed by atoms with Crippen LogP contribution in [0.1, 0.15) is 45.4 Å². The maximum absolute atomic E-state index is 12.0. The molecule has 2 N–H and O–H groups in total. The van der Waals surface area contributed by atoms with Crippen LogP contribution in [0.4, 0.5) is 0 Å². The molecule has 1 aliphatic heterocycles. The molecule has 0 atom stereocenters. The molecule has 1 saturated heterocycles. The number of hydrogen-bond donors (Lipinski definition) is 1. The molecular weight excluding hydrogens is 226 g/mol. The molecule has 0 bridgehead atoms. The lowest BCUT2D eigenvalue weighted by molar-refractivity contribution is -0.131. The van der Waals surface area contributed by atoms with Crippen LogP contribution in [0.25, 0.3) is 0 Å². The molecule has 0 spiro atoms. The van der Waals surface area contributed by atoms with E-state index < -0.39 is 0 Å². The quantitative estimate of drug-likeness (QED) is 0.701. The standard InChI is InChI=1S/C14H29N3O/c1-2-3-4-7-14(18)17-11-6-10-16(12-13-17)9-5-8-15/h2-13,15H2,1H3. The number of carbonyl (C=O) groups is 1. The lowest BCUT2D eigenvalue weighted by Gasteiger charge is -2.21. The first kappa shape index (κ1) is 15.4. The van der Waals surface area contributed by atoms with Crippen LogP contribution in [-0.4, -0.2) is 55.0 Å². The lowest BCUT2D eigenvalue weighted by atomic mass is 10.2. The Morgan fingerprint density at radius 2 is 1.94 bits per heavy atom. The maximum Gasteiger partial charge on any atom is 0.222 e. The van der Waals surface area contributed by atoms with E-state index in [2.05, 4.69) is 16.7 Å². The van der Waals surface area contributed by atoms with Crippen molar-refractivity contribution in [1.82, 2.24) is 9.80 Å². The highest BCUT2D eigenvalue weighted by atomic mass is 16.2. The van der Waals surface area contributed by atoms with Crippen molar-refractivity contribution in [3.8, 4) is 0 Å². The van der Waals surface area contributed by atoms with Gasteiger partial charge in [0.2, 0.25) is 5.91 Å². The average Bonchev–Trinajstić information content (AvgIpc) is 2.62.